The second-order valence-electron chi connectivity index (χ2n) is 8.55. The smallest absolute Gasteiger partial charge is 0.265 e. The Labute approximate surface area is 210 Å². The molecule has 0 fully saturated rings. The summed E-state index contributed by atoms with van der Waals surface area (Å²) in [6.45, 7) is 1.80. The van der Waals surface area contributed by atoms with Gasteiger partial charge in [0, 0.05) is 19.2 Å². The van der Waals surface area contributed by atoms with Gasteiger partial charge in [0.05, 0.1) is 12.8 Å². The van der Waals surface area contributed by atoms with Crippen LogP contribution in [0.5, 0.6) is 17.2 Å². The van der Waals surface area contributed by atoms with E-state index in [2.05, 4.69) is 0 Å². The normalized spacial score (nSPS) is 12.4. The molecule has 0 atom stereocenters. The first kappa shape index (κ1) is 24.8. The number of methoxy groups -OCH3 is 1. The molecule has 1 aliphatic rings. The molecule has 0 N–H and O–H groups in total. The van der Waals surface area contributed by atoms with Crippen molar-refractivity contribution >= 4 is 23.3 Å². The van der Waals surface area contributed by atoms with Gasteiger partial charge in [0.1, 0.15) is 12.3 Å². The summed E-state index contributed by atoms with van der Waals surface area (Å²) in [4.78, 5) is 41.4. The molecule has 186 valence electrons. The Bertz CT molecular complexity index is 1270. The molecule has 0 saturated carbocycles. The molecule has 8 heteroatoms. The van der Waals surface area contributed by atoms with E-state index in [0.29, 0.717) is 35.0 Å². The number of fused-ring (bicyclic) bond motifs is 1. The van der Waals surface area contributed by atoms with Crippen LogP contribution in [0.1, 0.15) is 21.5 Å². The molecule has 0 spiro atoms. The standard InChI is InChI=1S/C28H28N2O6/c1-19-9-11-25(26(13-19)34-3)35-17-23(31)21-10-12-24-22(14-21)30(28(33)18-36-24)16-27(32)29(2)15-20-7-5-4-6-8-20/h4-14H,15-18H2,1-3H3. The molecular formula is C28H28N2O6. The topological polar surface area (TPSA) is 85.4 Å². The molecule has 4 rings (SSSR count). The van der Waals surface area contributed by atoms with Crippen molar-refractivity contribution in [1.29, 1.82) is 0 Å². The highest BCUT2D eigenvalue weighted by Crippen LogP contribution is 2.33. The first-order chi connectivity index (χ1) is 17.4. The van der Waals surface area contributed by atoms with Crippen LogP contribution >= 0.6 is 0 Å². The maximum atomic E-state index is 12.9. The van der Waals surface area contributed by atoms with Crippen molar-refractivity contribution < 1.29 is 28.6 Å². The minimum atomic E-state index is -0.353. The number of hydrogen-bond donors (Lipinski definition) is 0. The van der Waals surface area contributed by atoms with Crippen LogP contribution in [0.3, 0.4) is 0 Å². The molecule has 0 saturated heterocycles. The quantitative estimate of drug-likeness (QED) is 0.428. The summed E-state index contributed by atoms with van der Waals surface area (Å²) in [5, 5.41) is 0. The third-order valence-electron chi connectivity index (χ3n) is 5.88. The average molecular weight is 489 g/mol. The van der Waals surface area contributed by atoms with Gasteiger partial charge in [-0.15, -0.1) is 0 Å². The number of carbonyl (C=O) groups excluding carboxylic acids is 3. The number of rotatable bonds is 9. The van der Waals surface area contributed by atoms with E-state index in [1.54, 1.807) is 36.2 Å². The van der Waals surface area contributed by atoms with Gasteiger partial charge in [-0.2, -0.15) is 0 Å². The molecule has 0 aliphatic carbocycles. The Morgan fingerprint density at radius 3 is 2.56 bits per heavy atom. The summed E-state index contributed by atoms with van der Waals surface area (Å²) in [7, 11) is 3.23. The molecule has 0 unspecified atom stereocenters. The number of ketones is 1. The van der Waals surface area contributed by atoms with Crippen LogP contribution in [0.2, 0.25) is 0 Å². The minimum absolute atomic E-state index is 0.159. The van der Waals surface area contributed by atoms with Crippen molar-refractivity contribution in [2.24, 2.45) is 0 Å². The van der Waals surface area contributed by atoms with Gasteiger partial charge >= 0.3 is 0 Å². The molecule has 8 nitrogen and oxygen atoms in total. The van der Waals surface area contributed by atoms with E-state index in [1.807, 2.05) is 49.4 Å². The van der Waals surface area contributed by atoms with Crippen LogP contribution in [-0.2, 0) is 16.1 Å². The Morgan fingerprint density at radius 1 is 1.03 bits per heavy atom. The Kier molecular flexibility index (Phi) is 7.53. The van der Waals surface area contributed by atoms with E-state index in [4.69, 9.17) is 14.2 Å². The first-order valence-electron chi connectivity index (χ1n) is 11.5. The number of hydrogen-bond acceptors (Lipinski definition) is 6. The molecule has 1 heterocycles. The lowest BCUT2D eigenvalue weighted by Crippen LogP contribution is -2.45. The fourth-order valence-electron chi connectivity index (χ4n) is 3.87. The molecule has 0 aromatic heterocycles. The second-order valence-corrected chi connectivity index (χ2v) is 8.55. The maximum absolute atomic E-state index is 12.9. The number of Topliss-reactive ketones (excluding diaryl/α,β-unsaturated/α-hetero) is 1. The van der Waals surface area contributed by atoms with Crippen LogP contribution in [0.4, 0.5) is 5.69 Å². The highest BCUT2D eigenvalue weighted by Gasteiger charge is 2.29. The van der Waals surface area contributed by atoms with Crippen LogP contribution in [-0.4, -0.2) is 56.4 Å². The van der Waals surface area contributed by atoms with E-state index in [-0.39, 0.29) is 37.4 Å². The molecule has 3 aromatic carbocycles. The summed E-state index contributed by atoms with van der Waals surface area (Å²) in [5.74, 6) is 0.565. The highest BCUT2D eigenvalue weighted by atomic mass is 16.5. The predicted octanol–water partition coefficient (Wildman–Crippen LogP) is 3.65. The molecule has 0 bridgehead atoms. The summed E-state index contributed by atoms with van der Waals surface area (Å²) in [5.41, 5.74) is 2.72. The fraction of sp³-hybridized carbons (Fsp3) is 0.250. The molecule has 3 aromatic rings. The highest BCUT2D eigenvalue weighted by molar-refractivity contribution is 6.04. The van der Waals surface area contributed by atoms with Gasteiger partial charge in [-0.1, -0.05) is 36.4 Å². The second kappa shape index (κ2) is 10.9. The lowest BCUT2D eigenvalue weighted by Gasteiger charge is -2.30. The van der Waals surface area contributed by atoms with Crippen molar-refractivity contribution in [3.8, 4) is 17.2 Å². The SMILES string of the molecule is COc1cc(C)ccc1OCC(=O)c1ccc2c(c1)N(CC(=O)N(C)Cc1ccccc1)C(=O)CO2. The number of aryl methyl sites for hydroxylation is 1. The number of likely N-dealkylation sites (N-methyl/N-ethyl adjacent to an activating group) is 1. The summed E-state index contributed by atoms with van der Waals surface area (Å²) >= 11 is 0. The van der Waals surface area contributed by atoms with E-state index >= 15 is 0 Å². The van der Waals surface area contributed by atoms with Crippen LogP contribution in [0.15, 0.2) is 66.7 Å². The number of anilines is 1. The predicted molar refractivity (Wildman–Crippen MR) is 135 cm³/mol. The Hall–Kier alpha value is -4.33. The molecule has 2 amide bonds. The van der Waals surface area contributed by atoms with Gasteiger partial charge in [0.15, 0.2) is 30.5 Å². The maximum Gasteiger partial charge on any atom is 0.265 e. The van der Waals surface area contributed by atoms with Crippen LogP contribution in [0, 0.1) is 6.92 Å². The summed E-state index contributed by atoms with van der Waals surface area (Å²) in [6.07, 6.45) is 0. The average Bonchev–Trinajstić information content (AvgIpc) is 2.89. The largest absolute Gasteiger partial charge is 0.493 e. The van der Waals surface area contributed by atoms with Gasteiger partial charge in [-0.3, -0.25) is 19.3 Å². The van der Waals surface area contributed by atoms with Gasteiger partial charge in [0.25, 0.3) is 5.91 Å². The summed E-state index contributed by atoms with van der Waals surface area (Å²) in [6, 6.07) is 19.9. The Morgan fingerprint density at radius 2 is 1.81 bits per heavy atom. The van der Waals surface area contributed by atoms with Crippen LogP contribution < -0.4 is 19.1 Å². The van der Waals surface area contributed by atoms with Gasteiger partial charge in [0.2, 0.25) is 5.91 Å². The first-order valence-corrected chi connectivity index (χ1v) is 11.5. The number of carbonyl (C=O) groups is 3. The van der Waals surface area contributed by atoms with E-state index in [1.165, 1.54) is 12.0 Å². The van der Waals surface area contributed by atoms with Gasteiger partial charge in [-0.05, 0) is 48.4 Å². The molecular weight excluding hydrogens is 460 g/mol. The van der Waals surface area contributed by atoms with Crippen LogP contribution in [0.25, 0.3) is 0 Å². The number of benzene rings is 3. The van der Waals surface area contributed by atoms with Gasteiger partial charge in [-0.25, -0.2) is 0 Å². The number of ether oxygens (including phenoxy) is 3. The number of amides is 2. The molecule has 1 aliphatic heterocycles. The van der Waals surface area contributed by atoms with E-state index < -0.39 is 0 Å². The zero-order valence-corrected chi connectivity index (χ0v) is 20.5. The summed E-state index contributed by atoms with van der Waals surface area (Å²) < 4.78 is 16.6. The zero-order valence-electron chi connectivity index (χ0n) is 20.5. The zero-order chi connectivity index (χ0) is 25.7. The van der Waals surface area contributed by atoms with E-state index in [0.717, 1.165) is 11.1 Å². The Balaban J connectivity index is 1.47. The van der Waals surface area contributed by atoms with Crippen molar-refractivity contribution in [3.05, 3.63) is 83.4 Å². The molecule has 36 heavy (non-hydrogen) atoms. The number of nitrogens with zero attached hydrogens (tertiary/aromatic N) is 2. The monoisotopic (exact) mass is 488 g/mol. The fourth-order valence-corrected chi connectivity index (χ4v) is 3.87. The van der Waals surface area contributed by atoms with Crippen molar-refractivity contribution in [2.45, 2.75) is 13.5 Å². The van der Waals surface area contributed by atoms with E-state index in [9.17, 15) is 14.4 Å². The lowest BCUT2D eigenvalue weighted by atomic mass is 10.1. The molecule has 0 radical (unpaired) electrons. The van der Waals surface area contributed by atoms with Crippen molar-refractivity contribution in [2.75, 3.05) is 38.8 Å². The van der Waals surface area contributed by atoms with Gasteiger partial charge < -0.3 is 19.1 Å². The van der Waals surface area contributed by atoms with Crippen molar-refractivity contribution in [1.82, 2.24) is 4.90 Å². The third kappa shape index (κ3) is 5.66. The van der Waals surface area contributed by atoms with Crippen molar-refractivity contribution in [3.63, 3.8) is 0 Å². The minimum Gasteiger partial charge on any atom is -0.493 e. The lowest BCUT2D eigenvalue weighted by molar-refractivity contribution is -0.131. The third-order valence-corrected chi connectivity index (χ3v) is 5.88.